The molecule has 280 valence electrons. The van der Waals surface area contributed by atoms with Crippen LogP contribution >= 0.6 is 0 Å². The van der Waals surface area contributed by atoms with Gasteiger partial charge in [0.15, 0.2) is 12.6 Å². The summed E-state index contributed by atoms with van der Waals surface area (Å²) < 4.78 is 43.0. The number of ketones is 1. The molecule has 3 N–H and O–H groups in total. The molecule has 0 amide bonds. The molecule has 0 aliphatic carbocycles. The van der Waals surface area contributed by atoms with Crippen LogP contribution in [0.1, 0.15) is 74.7 Å². The number of cyclic esters (lactones) is 1. The van der Waals surface area contributed by atoms with Crippen LogP contribution in [0, 0.1) is 29.6 Å². The molecule has 0 aromatic carbocycles. The van der Waals surface area contributed by atoms with Crippen molar-refractivity contribution in [2.45, 2.75) is 148 Å². The highest BCUT2D eigenvalue weighted by Crippen LogP contribution is 2.35. The van der Waals surface area contributed by atoms with Gasteiger partial charge in [-0.1, -0.05) is 27.7 Å². The van der Waals surface area contributed by atoms with Crippen LogP contribution in [0.5, 0.6) is 0 Å². The summed E-state index contributed by atoms with van der Waals surface area (Å²) in [5.74, 6) is -3.53. The second kappa shape index (κ2) is 18.3. The number of hydrogen-bond donors (Lipinski definition) is 3. The summed E-state index contributed by atoms with van der Waals surface area (Å²) in [4.78, 5) is 28.8. The molecule has 13 nitrogen and oxygen atoms in total. The van der Waals surface area contributed by atoms with Gasteiger partial charge in [-0.3, -0.25) is 9.59 Å². The summed E-state index contributed by atoms with van der Waals surface area (Å²) in [7, 11) is 5.33. The topological polar surface area (TPSA) is 163 Å². The van der Waals surface area contributed by atoms with Crippen molar-refractivity contribution in [2.75, 3.05) is 34.4 Å². The molecule has 0 spiro atoms. The second-order valence-electron chi connectivity index (χ2n) is 14.7. The normalized spacial score (nSPS) is 46.4. The monoisotopic (exact) mass is 689 g/mol. The zero-order valence-electron chi connectivity index (χ0n) is 30.8. The van der Waals surface area contributed by atoms with Crippen molar-refractivity contribution in [3.63, 3.8) is 0 Å². The van der Waals surface area contributed by atoms with Crippen LogP contribution in [-0.4, -0.2) is 140 Å². The summed E-state index contributed by atoms with van der Waals surface area (Å²) >= 11 is 0. The molecular weight excluding hydrogens is 626 g/mol. The summed E-state index contributed by atoms with van der Waals surface area (Å²) in [6.45, 7) is 14.8. The van der Waals surface area contributed by atoms with Crippen molar-refractivity contribution >= 4 is 11.8 Å². The number of aliphatic hydroxyl groups excluding tert-OH is 3. The second-order valence-corrected chi connectivity index (χ2v) is 14.7. The van der Waals surface area contributed by atoms with Crippen LogP contribution in [0.25, 0.3) is 0 Å². The molecule has 17 atom stereocenters. The summed E-state index contributed by atoms with van der Waals surface area (Å²) in [6.07, 6.45) is -7.09. The number of hydrogen-bond acceptors (Lipinski definition) is 13. The fraction of sp³-hybridized carbons (Fsp3) is 0.943. The first kappa shape index (κ1) is 41.2. The van der Waals surface area contributed by atoms with E-state index in [0.29, 0.717) is 6.42 Å². The molecule has 3 saturated heterocycles. The Kier molecular flexibility index (Phi) is 15.7. The van der Waals surface area contributed by atoms with Crippen molar-refractivity contribution in [3.05, 3.63) is 0 Å². The van der Waals surface area contributed by atoms with Gasteiger partial charge < -0.3 is 53.4 Å². The third-order valence-corrected chi connectivity index (χ3v) is 10.8. The standard InChI is InChI=1S/C35H63NO12/c1-17-16-43-13-12-26(37)20(4)29(38)19(3)23(7)46-34(41)22(6)33(47-28-15-27(42-11)30(39)24(8)45-28)21(5)32(17)48-35-31(40)25(36(9)10)14-18(2)44-35/h17-25,27-33,35,38-40H,12-16H2,1-11H3/t17-,18+,19-,20+,21-,22-,23+,24-,25-,27+,28-,29-,30-,31-,32-,33-,35-/m0/s1. The molecule has 3 aliphatic heterocycles. The Balaban J connectivity index is 2.01. The average molecular weight is 690 g/mol. The molecule has 3 heterocycles. The van der Waals surface area contributed by atoms with E-state index < -0.39 is 91.1 Å². The van der Waals surface area contributed by atoms with Gasteiger partial charge in [0.1, 0.15) is 24.1 Å². The molecule has 0 aromatic heterocycles. The average Bonchev–Trinajstić information content (AvgIpc) is 3.04. The zero-order chi connectivity index (χ0) is 36.0. The fourth-order valence-corrected chi connectivity index (χ4v) is 7.20. The first-order chi connectivity index (χ1) is 22.5. The number of methoxy groups -OCH3 is 1. The molecule has 3 aliphatic rings. The zero-order valence-corrected chi connectivity index (χ0v) is 30.8. The van der Waals surface area contributed by atoms with Gasteiger partial charge in [0, 0.05) is 49.7 Å². The predicted molar refractivity (Wildman–Crippen MR) is 176 cm³/mol. The Labute approximate surface area is 286 Å². The van der Waals surface area contributed by atoms with E-state index in [1.54, 1.807) is 34.6 Å². The number of carbonyl (C=O) groups is 2. The van der Waals surface area contributed by atoms with Gasteiger partial charge in [0.05, 0.1) is 55.8 Å². The number of ether oxygens (including phenoxy) is 7. The maximum atomic E-state index is 13.8. The van der Waals surface area contributed by atoms with Crippen LogP contribution < -0.4 is 0 Å². The molecular formula is C35H63NO12. The third-order valence-electron chi connectivity index (χ3n) is 10.8. The molecule has 3 fully saturated rings. The lowest BCUT2D eigenvalue weighted by Crippen LogP contribution is -2.57. The molecule has 0 radical (unpaired) electrons. The summed E-state index contributed by atoms with van der Waals surface area (Å²) in [5.41, 5.74) is 0. The van der Waals surface area contributed by atoms with Gasteiger partial charge in [-0.05, 0) is 48.2 Å². The minimum atomic E-state index is -1.02. The molecule has 13 heteroatoms. The van der Waals surface area contributed by atoms with E-state index >= 15 is 0 Å². The third kappa shape index (κ3) is 10.2. The van der Waals surface area contributed by atoms with Crippen LogP contribution in [0.4, 0.5) is 0 Å². The highest BCUT2D eigenvalue weighted by molar-refractivity contribution is 5.81. The maximum absolute atomic E-state index is 13.8. The fourth-order valence-electron chi connectivity index (χ4n) is 7.20. The summed E-state index contributed by atoms with van der Waals surface area (Å²) in [6, 6.07) is -0.200. The molecule has 3 rings (SSSR count). The van der Waals surface area contributed by atoms with Crippen LogP contribution in [0.2, 0.25) is 0 Å². The first-order valence-electron chi connectivity index (χ1n) is 17.6. The van der Waals surface area contributed by atoms with E-state index in [-0.39, 0.29) is 49.9 Å². The van der Waals surface area contributed by atoms with Gasteiger partial charge >= 0.3 is 5.97 Å². The van der Waals surface area contributed by atoms with Gasteiger partial charge in [-0.2, -0.15) is 0 Å². The van der Waals surface area contributed by atoms with Crippen molar-refractivity contribution in [2.24, 2.45) is 29.6 Å². The van der Waals surface area contributed by atoms with E-state index in [1.807, 2.05) is 39.8 Å². The molecule has 0 saturated carbocycles. The number of nitrogens with zero attached hydrogens (tertiary/aromatic N) is 1. The van der Waals surface area contributed by atoms with E-state index in [4.69, 9.17) is 33.2 Å². The largest absolute Gasteiger partial charge is 0.462 e. The Morgan fingerprint density at radius 1 is 0.771 bits per heavy atom. The minimum Gasteiger partial charge on any atom is -0.462 e. The van der Waals surface area contributed by atoms with Gasteiger partial charge in [-0.25, -0.2) is 0 Å². The van der Waals surface area contributed by atoms with E-state index in [0.717, 1.165) is 0 Å². The van der Waals surface area contributed by atoms with E-state index in [1.165, 1.54) is 7.11 Å². The Bertz CT molecular complexity index is 1020. The molecule has 0 bridgehead atoms. The lowest BCUT2D eigenvalue weighted by Gasteiger charge is -2.45. The maximum Gasteiger partial charge on any atom is 0.311 e. The number of likely N-dealkylation sites (N-methyl/N-ethyl adjacent to an activating group) is 1. The number of rotatable bonds is 6. The highest BCUT2D eigenvalue weighted by atomic mass is 16.7. The Morgan fingerprint density at radius 2 is 1.44 bits per heavy atom. The smallest absolute Gasteiger partial charge is 0.311 e. The van der Waals surface area contributed by atoms with Crippen molar-refractivity contribution in [1.82, 2.24) is 4.90 Å². The molecule has 0 aromatic rings. The number of carbonyl (C=O) groups excluding carboxylic acids is 2. The number of esters is 1. The lowest BCUT2D eigenvalue weighted by molar-refractivity contribution is -0.299. The van der Waals surface area contributed by atoms with Crippen molar-refractivity contribution in [3.8, 4) is 0 Å². The van der Waals surface area contributed by atoms with Crippen molar-refractivity contribution < 1.29 is 58.1 Å². The first-order valence-corrected chi connectivity index (χ1v) is 17.6. The Hall–Kier alpha value is -1.26. The highest BCUT2D eigenvalue weighted by Gasteiger charge is 2.46. The lowest BCUT2D eigenvalue weighted by atomic mass is 9.83. The van der Waals surface area contributed by atoms with Crippen molar-refractivity contribution in [1.29, 1.82) is 0 Å². The Morgan fingerprint density at radius 3 is 2.06 bits per heavy atom. The van der Waals surface area contributed by atoms with Crippen LogP contribution in [0.3, 0.4) is 0 Å². The predicted octanol–water partition coefficient (Wildman–Crippen LogP) is 2.16. The van der Waals surface area contributed by atoms with Gasteiger partial charge in [-0.15, -0.1) is 0 Å². The van der Waals surface area contributed by atoms with Crippen LogP contribution in [0.15, 0.2) is 0 Å². The molecule has 48 heavy (non-hydrogen) atoms. The quantitative estimate of drug-likeness (QED) is 0.348. The van der Waals surface area contributed by atoms with Crippen LogP contribution in [-0.2, 0) is 42.7 Å². The minimum absolute atomic E-state index is 0.117. The number of aliphatic hydroxyl groups is 3. The van der Waals surface area contributed by atoms with E-state index in [9.17, 15) is 24.9 Å². The number of Topliss-reactive ketones (excluding diaryl/α,β-unsaturated/α-hetero) is 1. The van der Waals surface area contributed by atoms with E-state index in [2.05, 4.69) is 0 Å². The SMILES string of the molecule is CO[C@@H]1C[C@H](O[C@H]2[C@@H](C)[C@@H](O[C@@H]3O[C@H](C)C[C@H](N(C)C)[C@@H]3O)[C@@H](C)COCCC(=O)[C@@H](C)[C@@H](O)[C@@H](C)[C@@H](C)OC(=O)[C@H]2C)O[C@@H](C)[C@@H]1O. The summed E-state index contributed by atoms with van der Waals surface area (Å²) in [5, 5.41) is 33.0. The van der Waals surface area contributed by atoms with Gasteiger partial charge in [0.25, 0.3) is 0 Å². The molecule has 0 unspecified atom stereocenters. The van der Waals surface area contributed by atoms with Gasteiger partial charge in [0.2, 0.25) is 0 Å².